The van der Waals surface area contributed by atoms with E-state index < -0.39 is 0 Å². The zero-order valence-corrected chi connectivity index (χ0v) is 21.3. The van der Waals surface area contributed by atoms with Crippen molar-refractivity contribution in [2.75, 3.05) is 7.11 Å². The minimum absolute atomic E-state index is 0.0879. The van der Waals surface area contributed by atoms with Crippen LogP contribution in [0.3, 0.4) is 0 Å². The Kier molecular flexibility index (Phi) is 7.09. The lowest BCUT2D eigenvalue weighted by Crippen LogP contribution is -2.28. The minimum Gasteiger partial charge on any atom is -0.496 e. The number of nitrogens with zero attached hydrogens (tertiary/aromatic N) is 5. The summed E-state index contributed by atoms with van der Waals surface area (Å²) in [4.78, 5) is 18.4. The first-order valence-electron chi connectivity index (χ1n) is 12.3. The molecular formula is C29H30N6O2. The zero-order chi connectivity index (χ0) is 25.8. The Balaban J connectivity index is 1.49. The van der Waals surface area contributed by atoms with Crippen molar-refractivity contribution in [2.24, 2.45) is 0 Å². The highest BCUT2D eigenvalue weighted by atomic mass is 16.5. The Hall–Kier alpha value is -4.30. The highest BCUT2D eigenvalue weighted by molar-refractivity contribution is 5.85. The molecule has 0 amide bonds. The monoisotopic (exact) mass is 494 g/mol. The highest BCUT2D eigenvalue weighted by Crippen LogP contribution is 2.23. The van der Waals surface area contributed by atoms with Gasteiger partial charge in [0.2, 0.25) is 0 Å². The molecule has 0 aliphatic carbocycles. The number of tetrazole rings is 1. The van der Waals surface area contributed by atoms with Gasteiger partial charge in [0, 0.05) is 29.6 Å². The number of aromatic nitrogens is 5. The fraction of sp³-hybridized carbons (Fsp3) is 0.241. The summed E-state index contributed by atoms with van der Waals surface area (Å²) in [6, 6.07) is 24.2. The Bertz CT molecular complexity index is 1570. The van der Waals surface area contributed by atoms with Crippen LogP contribution in [0.5, 0.6) is 5.75 Å². The summed E-state index contributed by atoms with van der Waals surface area (Å²) in [5.41, 5.74) is 5.81. The molecule has 0 aliphatic rings. The third-order valence-corrected chi connectivity index (χ3v) is 6.65. The van der Waals surface area contributed by atoms with E-state index in [-0.39, 0.29) is 5.56 Å². The van der Waals surface area contributed by atoms with Gasteiger partial charge in [-0.3, -0.25) is 9.69 Å². The molecule has 0 saturated heterocycles. The highest BCUT2D eigenvalue weighted by Gasteiger charge is 2.18. The largest absolute Gasteiger partial charge is 0.496 e. The lowest BCUT2D eigenvalue weighted by Gasteiger charge is -2.23. The minimum atomic E-state index is -0.0879. The summed E-state index contributed by atoms with van der Waals surface area (Å²) in [5, 5.41) is 13.5. The molecule has 2 heterocycles. The average molecular weight is 495 g/mol. The van der Waals surface area contributed by atoms with Crippen molar-refractivity contribution in [1.29, 1.82) is 0 Å². The van der Waals surface area contributed by atoms with Gasteiger partial charge in [-0.1, -0.05) is 60.7 Å². The van der Waals surface area contributed by atoms with Crippen LogP contribution in [0.4, 0.5) is 0 Å². The van der Waals surface area contributed by atoms with Crippen LogP contribution in [0, 0.1) is 13.8 Å². The second kappa shape index (κ2) is 10.8. The van der Waals surface area contributed by atoms with Gasteiger partial charge in [-0.05, 0) is 53.1 Å². The third-order valence-electron chi connectivity index (χ3n) is 6.65. The van der Waals surface area contributed by atoms with Crippen LogP contribution in [0.15, 0.2) is 77.6 Å². The summed E-state index contributed by atoms with van der Waals surface area (Å²) in [7, 11) is 1.67. The lowest BCUT2D eigenvalue weighted by atomic mass is 10.0. The van der Waals surface area contributed by atoms with Gasteiger partial charge in [0.1, 0.15) is 5.75 Å². The van der Waals surface area contributed by atoms with E-state index in [2.05, 4.69) is 50.5 Å². The van der Waals surface area contributed by atoms with E-state index in [1.807, 2.05) is 66.2 Å². The number of fused-ring (bicyclic) bond motifs is 1. The van der Waals surface area contributed by atoms with Crippen LogP contribution in [0.1, 0.15) is 33.6 Å². The van der Waals surface area contributed by atoms with Gasteiger partial charge >= 0.3 is 0 Å². The molecule has 0 unspecified atom stereocenters. The SMILES string of the molecule is COc1ccccc1CN(Cc1cc2c(C)ccc(C)c2[nH]c1=O)Cc1nnnn1Cc1ccccc1. The maximum atomic E-state index is 13.2. The normalized spacial score (nSPS) is 11.4. The topological polar surface area (TPSA) is 88.9 Å². The number of methoxy groups -OCH3 is 1. The predicted octanol–water partition coefficient (Wildman–Crippen LogP) is 4.39. The molecule has 8 nitrogen and oxygen atoms in total. The molecule has 3 aromatic carbocycles. The van der Waals surface area contributed by atoms with E-state index in [9.17, 15) is 4.79 Å². The van der Waals surface area contributed by atoms with E-state index >= 15 is 0 Å². The van der Waals surface area contributed by atoms with E-state index in [1.54, 1.807) is 7.11 Å². The summed E-state index contributed by atoms with van der Waals surface area (Å²) < 4.78 is 7.41. The van der Waals surface area contributed by atoms with Crippen LogP contribution in [0.25, 0.3) is 10.9 Å². The molecule has 0 spiro atoms. The first-order valence-corrected chi connectivity index (χ1v) is 12.3. The molecule has 8 heteroatoms. The molecule has 2 aromatic heterocycles. The molecule has 0 atom stereocenters. The van der Waals surface area contributed by atoms with Crippen molar-refractivity contribution in [3.05, 3.63) is 117 Å². The van der Waals surface area contributed by atoms with Crippen molar-refractivity contribution >= 4 is 10.9 Å². The number of ether oxygens (including phenoxy) is 1. The molecule has 37 heavy (non-hydrogen) atoms. The molecule has 188 valence electrons. The van der Waals surface area contributed by atoms with Crippen molar-refractivity contribution < 1.29 is 4.74 Å². The number of rotatable bonds is 9. The molecule has 5 rings (SSSR count). The number of aryl methyl sites for hydroxylation is 2. The number of benzene rings is 3. The molecule has 0 bridgehead atoms. The predicted molar refractivity (Wildman–Crippen MR) is 143 cm³/mol. The molecule has 5 aromatic rings. The van der Waals surface area contributed by atoms with Crippen LogP contribution < -0.4 is 10.3 Å². The second-order valence-electron chi connectivity index (χ2n) is 9.31. The molecular weight excluding hydrogens is 464 g/mol. The Morgan fingerprint density at radius 2 is 1.62 bits per heavy atom. The van der Waals surface area contributed by atoms with Gasteiger partial charge in [0.25, 0.3) is 5.56 Å². The average Bonchev–Trinajstić information content (AvgIpc) is 3.34. The van der Waals surface area contributed by atoms with Crippen LogP contribution >= 0.6 is 0 Å². The number of hydrogen-bond donors (Lipinski definition) is 1. The number of para-hydroxylation sites is 1. The van der Waals surface area contributed by atoms with Crippen LogP contribution in [-0.2, 0) is 26.2 Å². The quantitative estimate of drug-likeness (QED) is 0.327. The molecule has 0 radical (unpaired) electrons. The summed E-state index contributed by atoms with van der Waals surface area (Å²) in [6.45, 7) is 6.09. The van der Waals surface area contributed by atoms with Gasteiger partial charge < -0.3 is 9.72 Å². The molecule has 0 fully saturated rings. The number of nitrogens with one attached hydrogen (secondary N) is 1. The van der Waals surface area contributed by atoms with E-state index in [0.717, 1.165) is 44.7 Å². The summed E-state index contributed by atoms with van der Waals surface area (Å²) >= 11 is 0. The van der Waals surface area contributed by atoms with Gasteiger partial charge in [-0.15, -0.1) is 5.10 Å². The van der Waals surface area contributed by atoms with Gasteiger partial charge in [-0.25, -0.2) is 4.68 Å². The third kappa shape index (κ3) is 5.44. The van der Waals surface area contributed by atoms with Crippen molar-refractivity contribution in [3.8, 4) is 5.75 Å². The number of pyridine rings is 1. The first kappa shape index (κ1) is 24.4. The maximum absolute atomic E-state index is 13.2. The zero-order valence-electron chi connectivity index (χ0n) is 21.3. The summed E-state index contributed by atoms with van der Waals surface area (Å²) in [6.07, 6.45) is 0. The van der Waals surface area contributed by atoms with Crippen molar-refractivity contribution in [3.63, 3.8) is 0 Å². The number of H-pyrrole nitrogens is 1. The molecule has 1 N–H and O–H groups in total. The lowest BCUT2D eigenvalue weighted by molar-refractivity contribution is 0.232. The standard InChI is InChI=1S/C29H30N6O2/c1-20-13-14-21(2)28-25(20)15-24(29(36)30-28)18-34(17-23-11-7-8-12-26(23)37-3)19-27-31-32-33-35(27)16-22-9-5-4-6-10-22/h4-15H,16-19H2,1-3H3,(H,30,36). The number of hydrogen-bond acceptors (Lipinski definition) is 6. The second-order valence-corrected chi connectivity index (χ2v) is 9.31. The molecule has 0 saturated carbocycles. The fourth-order valence-electron chi connectivity index (χ4n) is 4.63. The summed E-state index contributed by atoms with van der Waals surface area (Å²) in [5.74, 6) is 1.53. The Labute approximate surface area is 215 Å². The van der Waals surface area contributed by atoms with Gasteiger partial charge in [0.05, 0.1) is 25.7 Å². The fourth-order valence-corrected chi connectivity index (χ4v) is 4.63. The Morgan fingerprint density at radius 3 is 2.43 bits per heavy atom. The Morgan fingerprint density at radius 1 is 0.892 bits per heavy atom. The van der Waals surface area contributed by atoms with Crippen molar-refractivity contribution in [2.45, 2.75) is 40.0 Å². The van der Waals surface area contributed by atoms with Gasteiger partial charge in [0.15, 0.2) is 5.82 Å². The first-order chi connectivity index (χ1) is 18.0. The smallest absolute Gasteiger partial charge is 0.252 e. The van der Waals surface area contributed by atoms with Crippen LogP contribution in [-0.4, -0.2) is 37.2 Å². The molecule has 0 aliphatic heterocycles. The van der Waals surface area contributed by atoms with E-state index in [4.69, 9.17) is 4.74 Å². The maximum Gasteiger partial charge on any atom is 0.252 e. The van der Waals surface area contributed by atoms with Gasteiger partial charge in [-0.2, -0.15) is 0 Å². The van der Waals surface area contributed by atoms with Crippen LogP contribution in [0.2, 0.25) is 0 Å². The number of aromatic amines is 1. The van der Waals surface area contributed by atoms with E-state index in [1.165, 1.54) is 0 Å². The van der Waals surface area contributed by atoms with Crippen molar-refractivity contribution in [1.82, 2.24) is 30.1 Å². The van der Waals surface area contributed by atoms with E-state index in [0.29, 0.717) is 31.7 Å².